The molecular weight excluding hydrogens is 318 g/mol. The summed E-state index contributed by atoms with van der Waals surface area (Å²) in [6, 6.07) is 7.80. The predicted octanol–water partition coefficient (Wildman–Crippen LogP) is 1.01. The minimum Gasteiger partial charge on any atom is -0.493 e. The molecule has 6 heteroatoms. The van der Waals surface area contributed by atoms with E-state index in [-0.39, 0.29) is 24.1 Å². The van der Waals surface area contributed by atoms with E-state index >= 15 is 0 Å². The van der Waals surface area contributed by atoms with Gasteiger partial charge in [-0.25, -0.2) is 0 Å². The maximum absolute atomic E-state index is 12.7. The van der Waals surface area contributed by atoms with Gasteiger partial charge in [0.1, 0.15) is 5.75 Å². The Morgan fingerprint density at radius 1 is 1.28 bits per heavy atom. The summed E-state index contributed by atoms with van der Waals surface area (Å²) in [7, 11) is 0. The van der Waals surface area contributed by atoms with Gasteiger partial charge in [0, 0.05) is 44.7 Å². The second-order valence-corrected chi connectivity index (χ2v) is 7.10. The number of β-amino-alcohol motifs (C(OH)–C–C–N with tert-alkyl or cyclic N) is 1. The van der Waals surface area contributed by atoms with Crippen molar-refractivity contribution >= 4 is 5.91 Å². The first-order chi connectivity index (χ1) is 12.0. The first-order valence-electron chi connectivity index (χ1n) is 9.21. The Labute approximate surface area is 149 Å². The van der Waals surface area contributed by atoms with Gasteiger partial charge >= 0.3 is 0 Å². The van der Waals surface area contributed by atoms with Crippen LogP contribution in [0.25, 0.3) is 0 Å². The van der Waals surface area contributed by atoms with Gasteiger partial charge in [-0.15, -0.1) is 0 Å². The van der Waals surface area contributed by atoms with Crippen LogP contribution in [-0.2, 0) is 4.79 Å². The lowest BCUT2D eigenvalue weighted by molar-refractivity contribution is -0.127. The smallest absolute Gasteiger partial charge is 0.237 e. The standard InChI is InChI=1S/C19H29N3O3/c1-14(23)13-21-8-10-22(11-9-21)15(2)19(24)20-17-7-12-25-18-6-4-3-5-16(17)18/h3-6,14-15,17,23H,7-13H2,1-2H3,(H,20,24). The molecule has 3 rings (SSSR count). The molecule has 3 unspecified atom stereocenters. The lowest BCUT2D eigenvalue weighted by Gasteiger charge is -2.38. The molecule has 2 N–H and O–H groups in total. The van der Waals surface area contributed by atoms with E-state index in [2.05, 4.69) is 15.1 Å². The van der Waals surface area contributed by atoms with Crippen LogP contribution in [0.4, 0.5) is 0 Å². The van der Waals surface area contributed by atoms with Crippen molar-refractivity contribution in [3.05, 3.63) is 29.8 Å². The van der Waals surface area contributed by atoms with Crippen molar-refractivity contribution in [2.75, 3.05) is 39.3 Å². The Morgan fingerprint density at radius 3 is 2.72 bits per heavy atom. The van der Waals surface area contributed by atoms with Crippen LogP contribution in [0.15, 0.2) is 24.3 Å². The Morgan fingerprint density at radius 2 is 2.00 bits per heavy atom. The highest BCUT2D eigenvalue weighted by Gasteiger charge is 2.29. The predicted molar refractivity (Wildman–Crippen MR) is 96.6 cm³/mol. The molecule has 25 heavy (non-hydrogen) atoms. The lowest BCUT2D eigenvalue weighted by Crippen LogP contribution is -2.55. The van der Waals surface area contributed by atoms with E-state index in [9.17, 15) is 9.90 Å². The summed E-state index contributed by atoms with van der Waals surface area (Å²) in [6.07, 6.45) is 0.498. The number of aliphatic hydroxyl groups is 1. The molecule has 0 aliphatic carbocycles. The van der Waals surface area contributed by atoms with Gasteiger partial charge in [0.05, 0.1) is 24.8 Å². The molecule has 2 aliphatic rings. The van der Waals surface area contributed by atoms with Gasteiger partial charge in [-0.05, 0) is 19.9 Å². The zero-order valence-electron chi connectivity index (χ0n) is 15.1. The fourth-order valence-electron chi connectivity index (χ4n) is 3.66. The van der Waals surface area contributed by atoms with Crippen LogP contribution in [0.1, 0.15) is 31.9 Å². The third-order valence-corrected chi connectivity index (χ3v) is 5.13. The van der Waals surface area contributed by atoms with E-state index in [0.29, 0.717) is 13.2 Å². The molecule has 1 aromatic carbocycles. The number of nitrogens with one attached hydrogen (secondary N) is 1. The number of hydrogen-bond acceptors (Lipinski definition) is 5. The lowest BCUT2D eigenvalue weighted by atomic mass is 10.00. The number of rotatable bonds is 5. The normalized spacial score (nSPS) is 24.0. The molecular formula is C19H29N3O3. The van der Waals surface area contributed by atoms with E-state index in [1.54, 1.807) is 0 Å². The quantitative estimate of drug-likeness (QED) is 0.832. The number of fused-ring (bicyclic) bond motifs is 1. The molecule has 1 fully saturated rings. The monoisotopic (exact) mass is 347 g/mol. The first kappa shape index (κ1) is 18.2. The minimum absolute atomic E-state index is 0.0245. The fourth-order valence-corrected chi connectivity index (χ4v) is 3.66. The van der Waals surface area contributed by atoms with Crippen LogP contribution < -0.4 is 10.1 Å². The maximum atomic E-state index is 12.7. The summed E-state index contributed by atoms with van der Waals surface area (Å²) in [4.78, 5) is 17.2. The molecule has 0 bridgehead atoms. The molecule has 0 radical (unpaired) electrons. The number of carbonyl (C=O) groups excluding carboxylic acids is 1. The van der Waals surface area contributed by atoms with Crippen LogP contribution in [-0.4, -0.2) is 72.3 Å². The first-order valence-corrected chi connectivity index (χ1v) is 9.21. The summed E-state index contributed by atoms with van der Waals surface area (Å²) in [5.74, 6) is 0.948. The maximum Gasteiger partial charge on any atom is 0.237 e. The number of para-hydroxylation sites is 1. The van der Waals surface area contributed by atoms with E-state index in [4.69, 9.17) is 4.74 Å². The summed E-state index contributed by atoms with van der Waals surface area (Å²) in [5, 5.41) is 12.7. The van der Waals surface area contributed by atoms with Crippen molar-refractivity contribution in [2.24, 2.45) is 0 Å². The molecule has 0 saturated carbocycles. The van der Waals surface area contributed by atoms with Gasteiger partial charge < -0.3 is 15.2 Å². The molecule has 1 aromatic rings. The SMILES string of the molecule is CC(O)CN1CCN(C(C)C(=O)NC2CCOc3ccccc32)CC1. The van der Waals surface area contributed by atoms with Crippen LogP contribution in [0.3, 0.4) is 0 Å². The minimum atomic E-state index is -0.305. The zero-order chi connectivity index (χ0) is 17.8. The third kappa shape index (κ3) is 4.51. The molecule has 2 heterocycles. The van der Waals surface area contributed by atoms with E-state index in [1.165, 1.54) is 0 Å². The van der Waals surface area contributed by atoms with Gasteiger partial charge in [-0.2, -0.15) is 0 Å². The van der Waals surface area contributed by atoms with Crippen molar-refractivity contribution in [1.29, 1.82) is 0 Å². The second kappa shape index (κ2) is 8.17. The number of piperazine rings is 1. The summed E-state index contributed by atoms with van der Waals surface area (Å²) >= 11 is 0. The van der Waals surface area contributed by atoms with E-state index in [0.717, 1.165) is 43.9 Å². The number of aliphatic hydroxyl groups excluding tert-OH is 1. The van der Waals surface area contributed by atoms with Crippen molar-refractivity contribution in [3.63, 3.8) is 0 Å². The van der Waals surface area contributed by atoms with E-state index < -0.39 is 0 Å². The van der Waals surface area contributed by atoms with Gasteiger partial charge in [-0.1, -0.05) is 18.2 Å². The Kier molecular flexibility index (Phi) is 5.93. The Balaban J connectivity index is 1.54. The van der Waals surface area contributed by atoms with Gasteiger partial charge in [-0.3, -0.25) is 14.6 Å². The summed E-state index contributed by atoms with van der Waals surface area (Å²) < 4.78 is 5.67. The van der Waals surface area contributed by atoms with Crippen molar-refractivity contribution in [1.82, 2.24) is 15.1 Å². The van der Waals surface area contributed by atoms with Gasteiger partial charge in [0.15, 0.2) is 0 Å². The van der Waals surface area contributed by atoms with Crippen LogP contribution in [0, 0.1) is 0 Å². The number of amides is 1. The van der Waals surface area contributed by atoms with E-state index in [1.807, 2.05) is 38.1 Å². The zero-order valence-corrected chi connectivity index (χ0v) is 15.1. The number of nitrogens with zero attached hydrogens (tertiary/aromatic N) is 2. The van der Waals surface area contributed by atoms with Gasteiger partial charge in [0.2, 0.25) is 5.91 Å². The molecule has 138 valence electrons. The Bertz CT molecular complexity index is 585. The number of carbonyl (C=O) groups is 1. The molecule has 1 amide bonds. The van der Waals surface area contributed by atoms with Crippen molar-refractivity contribution in [2.45, 2.75) is 38.5 Å². The number of hydrogen-bond donors (Lipinski definition) is 2. The summed E-state index contributed by atoms with van der Waals surface area (Å²) in [6.45, 7) is 8.61. The second-order valence-electron chi connectivity index (χ2n) is 7.10. The highest BCUT2D eigenvalue weighted by Crippen LogP contribution is 2.31. The van der Waals surface area contributed by atoms with Crippen LogP contribution in [0.5, 0.6) is 5.75 Å². The fraction of sp³-hybridized carbons (Fsp3) is 0.632. The van der Waals surface area contributed by atoms with Crippen molar-refractivity contribution in [3.8, 4) is 5.75 Å². The topological polar surface area (TPSA) is 65.0 Å². The molecule has 0 aromatic heterocycles. The van der Waals surface area contributed by atoms with Gasteiger partial charge in [0.25, 0.3) is 0 Å². The molecule has 1 saturated heterocycles. The average Bonchev–Trinajstić information content (AvgIpc) is 2.61. The summed E-state index contributed by atoms with van der Waals surface area (Å²) in [5.41, 5.74) is 1.07. The molecule has 3 atom stereocenters. The highest BCUT2D eigenvalue weighted by molar-refractivity contribution is 5.82. The molecule has 6 nitrogen and oxygen atoms in total. The molecule has 0 spiro atoms. The Hall–Kier alpha value is -1.63. The average molecular weight is 347 g/mol. The van der Waals surface area contributed by atoms with Crippen LogP contribution in [0.2, 0.25) is 0 Å². The van der Waals surface area contributed by atoms with Crippen molar-refractivity contribution < 1.29 is 14.6 Å². The highest BCUT2D eigenvalue weighted by atomic mass is 16.5. The largest absolute Gasteiger partial charge is 0.493 e. The molecule has 2 aliphatic heterocycles. The number of ether oxygens (including phenoxy) is 1. The van der Waals surface area contributed by atoms with Crippen LogP contribution >= 0.6 is 0 Å². The third-order valence-electron chi connectivity index (χ3n) is 5.13. The number of benzene rings is 1.